The lowest BCUT2D eigenvalue weighted by Crippen LogP contribution is -2.50. The summed E-state index contributed by atoms with van der Waals surface area (Å²) in [6.45, 7) is 5.91. The van der Waals surface area contributed by atoms with Crippen molar-refractivity contribution in [2.45, 2.75) is 51.1 Å². The van der Waals surface area contributed by atoms with E-state index in [0.717, 1.165) is 6.04 Å². The molecule has 0 spiro atoms. The molecule has 15 heavy (non-hydrogen) atoms. The molecule has 1 fully saturated rings. The second-order valence-corrected chi connectivity index (χ2v) is 4.76. The van der Waals surface area contributed by atoms with Crippen LogP contribution >= 0.6 is 0 Å². The minimum atomic E-state index is 0.716. The van der Waals surface area contributed by atoms with Gasteiger partial charge in [-0.05, 0) is 45.2 Å². The topological polar surface area (TPSA) is 15.3 Å². The Balaban J connectivity index is 1.95. The summed E-state index contributed by atoms with van der Waals surface area (Å²) in [5.41, 5.74) is 0. The molecule has 86 valence electrons. The summed E-state index contributed by atoms with van der Waals surface area (Å²) in [5, 5.41) is 3.52. The lowest BCUT2D eigenvalue weighted by Gasteiger charge is -2.39. The van der Waals surface area contributed by atoms with Gasteiger partial charge >= 0.3 is 0 Å². The van der Waals surface area contributed by atoms with Crippen molar-refractivity contribution >= 4 is 0 Å². The van der Waals surface area contributed by atoms with Crippen molar-refractivity contribution in [3.8, 4) is 0 Å². The van der Waals surface area contributed by atoms with Crippen LogP contribution < -0.4 is 5.32 Å². The van der Waals surface area contributed by atoms with E-state index in [0.29, 0.717) is 6.04 Å². The summed E-state index contributed by atoms with van der Waals surface area (Å²) in [6, 6.07) is 1.49. The van der Waals surface area contributed by atoms with Gasteiger partial charge in [0.1, 0.15) is 0 Å². The van der Waals surface area contributed by atoms with E-state index in [1.807, 2.05) is 0 Å². The number of nitrogens with zero attached hydrogens (tertiary/aromatic N) is 1. The smallest absolute Gasteiger partial charge is 0.0281 e. The monoisotopic (exact) mass is 208 g/mol. The third-order valence-corrected chi connectivity index (χ3v) is 3.76. The van der Waals surface area contributed by atoms with E-state index in [2.05, 4.69) is 29.3 Å². The summed E-state index contributed by atoms with van der Waals surface area (Å²) in [4.78, 5) is 2.70. The van der Waals surface area contributed by atoms with Crippen LogP contribution in [0.1, 0.15) is 39.0 Å². The zero-order valence-electron chi connectivity index (χ0n) is 9.91. The van der Waals surface area contributed by atoms with Crippen molar-refractivity contribution in [3.05, 3.63) is 12.2 Å². The Bertz CT molecular complexity index is 207. The van der Waals surface area contributed by atoms with E-state index >= 15 is 0 Å². The maximum Gasteiger partial charge on any atom is 0.0281 e. The third-order valence-electron chi connectivity index (χ3n) is 3.76. The molecule has 1 aliphatic heterocycles. The van der Waals surface area contributed by atoms with Gasteiger partial charge in [0.25, 0.3) is 0 Å². The molecule has 0 aromatic heterocycles. The molecular formula is C13H24N2. The zero-order valence-corrected chi connectivity index (χ0v) is 9.91. The van der Waals surface area contributed by atoms with Crippen LogP contribution in [0.4, 0.5) is 0 Å². The molecule has 2 unspecified atom stereocenters. The van der Waals surface area contributed by atoms with Crippen molar-refractivity contribution in [3.63, 3.8) is 0 Å². The molecule has 2 atom stereocenters. The maximum absolute atomic E-state index is 3.52. The molecule has 1 N–H and O–H groups in total. The van der Waals surface area contributed by atoms with Crippen LogP contribution in [0.2, 0.25) is 0 Å². The molecule has 0 aromatic rings. The van der Waals surface area contributed by atoms with Crippen LogP contribution in [0.5, 0.6) is 0 Å². The van der Waals surface area contributed by atoms with Gasteiger partial charge in [-0.3, -0.25) is 4.90 Å². The number of hydrogen-bond donors (Lipinski definition) is 1. The molecule has 1 aliphatic carbocycles. The minimum absolute atomic E-state index is 0.716. The van der Waals surface area contributed by atoms with E-state index in [1.54, 1.807) is 0 Å². The molecule has 2 heteroatoms. The number of piperidine rings is 1. The van der Waals surface area contributed by atoms with Crippen molar-refractivity contribution in [2.24, 2.45) is 0 Å². The highest BCUT2D eigenvalue weighted by molar-refractivity contribution is 5.00. The first-order valence-corrected chi connectivity index (χ1v) is 6.55. The van der Waals surface area contributed by atoms with E-state index < -0.39 is 0 Å². The number of rotatable bonds is 3. The van der Waals surface area contributed by atoms with Crippen LogP contribution in [0.15, 0.2) is 12.2 Å². The summed E-state index contributed by atoms with van der Waals surface area (Å²) in [7, 11) is 0. The molecule has 0 radical (unpaired) electrons. The predicted molar refractivity (Wildman–Crippen MR) is 65.1 cm³/mol. The second-order valence-electron chi connectivity index (χ2n) is 4.76. The Morgan fingerprint density at radius 3 is 2.87 bits per heavy atom. The molecule has 0 aromatic carbocycles. The van der Waals surface area contributed by atoms with Gasteiger partial charge in [-0.1, -0.05) is 19.1 Å². The normalized spacial score (nSPS) is 32.1. The van der Waals surface area contributed by atoms with Gasteiger partial charge in [0.05, 0.1) is 0 Å². The van der Waals surface area contributed by atoms with Gasteiger partial charge in [-0.2, -0.15) is 0 Å². The number of nitrogens with one attached hydrogen (secondary N) is 1. The van der Waals surface area contributed by atoms with Gasteiger partial charge in [0, 0.05) is 18.6 Å². The van der Waals surface area contributed by atoms with Crippen LogP contribution in [-0.4, -0.2) is 36.6 Å². The van der Waals surface area contributed by atoms with Gasteiger partial charge in [0.2, 0.25) is 0 Å². The van der Waals surface area contributed by atoms with E-state index in [4.69, 9.17) is 0 Å². The fourth-order valence-corrected chi connectivity index (χ4v) is 2.95. The van der Waals surface area contributed by atoms with Crippen molar-refractivity contribution in [2.75, 3.05) is 19.6 Å². The van der Waals surface area contributed by atoms with Crippen molar-refractivity contribution in [1.29, 1.82) is 0 Å². The number of hydrogen-bond acceptors (Lipinski definition) is 2. The average molecular weight is 208 g/mol. The Morgan fingerprint density at radius 2 is 2.27 bits per heavy atom. The fourth-order valence-electron chi connectivity index (χ4n) is 2.95. The third kappa shape index (κ3) is 2.82. The summed E-state index contributed by atoms with van der Waals surface area (Å²) in [5.74, 6) is 0. The molecule has 2 nitrogen and oxygen atoms in total. The molecular weight excluding hydrogens is 184 g/mol. The Kier molecular flexibility index (Phi) is 4.21. The Labute approximate surface area is 93.7 Å². The minimum Gasteiger partial charge on any atom is -0.315 e. The molecule has 1 saturated heterocycles. The lowest BCUT2D eigenvalue weighted by atomic mass is 9.97. The predicted octanol–water partition coefficient (Wildman–Crippen LogP) is 2.17. The van der Waals surface area contributed by atoms with Crippen LogP contribution in [0, 0.1) is 0 Å². The first kappa shape index (κ1) is 11.2. The number of allylic oxidation sites excluding steroid dienone is 1. The summed E-state index contributed by atoms with van der Waals surface area (Å²) in [6.07, 6.45) is 11.5. The zero-order chi connectivity index (χ0) is 10.5. The van der Waals surface area contributed by atoms with Gasteiger partial charge in [-0.25, -0.2) is 0 Å². The van der Waals surface area contributed by atoms with E-state index in [9.17, 15) is 0 Å². The second kappa shape index (κ2) is 5.66. The first-order valence-electron chi connectivity index (χ1n) is 6.55. The van der Waals surface area contributed by atoms with Crippen molar-refractivity contribution in [1.82, 2.24) is 10.2 Å². The molecule has 1 heterocycles. The highest BCUT2D eigenvalue weighted by Gasteiger charge is 2.25. The maximum atomic E-state index is 3.52. The summed E-state index contributed by atoms with van der Waals surface area (Å²) < 4.78 is 0. The molecule has 0 bridgehead atoms. The lowest BCUT2D eigenvalue weighted by molar-refractivity contribution is 0.133. The average Bonchev–Trinajstić information content (AvgIpc) is 2.33. The number of likely N-dealkylation sites (N-methyl/N-ethyl adjacent to an activating group) is 1. The highest BCUT2D eigenvalue weighted by Crippen LogP contribution is 2.21. The van der Waals surface area contributed by atoms with Gasteiger partial charge < -0.3 is 5.32 Å². The standard InChI is InChI=1S/C13H24N2/c1-2-15(12-7-4-3-5-8-12)13-9-6-10-14-11-13/h4,7,12-14H,2-3,5-6,8-11H2,1H3. The largest absolute Gasteiger partial charge is 0.315 e. The first-order chi connectivity index (χ1) is 7.42. The fraction of sp³-hybridized carbons (Fsp3) is 0.846. The van der Waals surface area contributed by atoms with Gasteiger partial charge in [0.15, 0.2) is 0 Å². The molecule has 0 amide bonds. The highest BCUT2D eigenvalue weighted by atomic mass is 15.2. The molecule has 0 saturated carbocycles. The molecule has 2 rings (SSSR count). The van der Waals surface area contributed by atoms with E-state index in [-0.39, 0.29) is 0 Å². The van der Waals surface area contributed by atoms with Crippen LogP contribution in [0.3, 0.4) is 0 Å². The molecule has 2 aliphatic rings. The van der Waals surface area contributed by atoms with Crippen LogP contribution in [0.25, 0.3) is 0 Å². The Hall–Kier alpha value is -0.340. The van der Waals surface area contributed by atoms with Crippen LogP contribution in [-0.2, 0) is 0 Å². The quantitative estimate of drug-likeness (QED) is 0.715. The SMILES string of the molecule is CCN(C1C=CCCC1)C1CCCNC1. The Morgan fingerprint density at radius 1 is 1.33 bits per heavy atom. The van der Waals surface area contributed by atoms with Gasteiger partial charge in [-0.15, -0.1) is 0 Å². The van der Waals surface area contributed by atoms with E-state index in [1.165, 1.54) is 51.7 Å². The van der Waals surface area contributed by atoms with Crippen molar-refractivity contribution < 1.29 is 0 Å². The summed E-state index contributed by atoms with van der Waals surface area (Å²) >= 11 is 0.